The van der Waals surface area contributed by atoms with Crippen LogP contribution in [0.4, 0.5) is 23.4 Å². The molecule has 3 N–H and O–H groups in total. The largest absolute Gasteiger partial charge is 0.508 e. The molecule has 3 fully saturated rings. The lowest BCUT2D eigenvalue weighted by atomic mass is 9.95. The van der Waals surface area contributed by atoms with E-state index < -0.39 is 50.1 Å². The first kappa shape index (κ1) is 29.9. The van der Waals surface area contributed by atoms with Crippen molar-refractivity contribution in [3.8, 4) is 23.0 Å². The Labute approximate surface area is 255 Å². The smallest absolute Gasteiger partial charge is 0.319 e. The molecule has 10 nitrogen and oxygen atoms in total. The van der Waals surface area contributed by atoms with Crippen molar-refractivity contribution in [3.05, 3.63) is 47.9 Å². The Morgan fingerprint density at radius 1 is 1.09 bits per heavy atom. The van der Waals surface area contributed by atoms with Crippen LogP contribution in [0.15, 0.2) is 30.5 Å². The Hall–Kier alpha value is -3.82. The molecule has 45 heavy (non-hydrogen) atoms. The molecule has 0 bridgehead atoms. The SMILES string of the molecule is NS(=O)(=O)[C@@H]1CCCN(c2nc(OC[C@@]34CCCN3C[C@H](F)C4)nc3c(F)c(-c4cc(O)cc5ccc(F)c(F)c45)ncc23)C1. The van der Waals surface area contributed by atoms with Crippen LogP contribution < -0.4 is 14.8 Å². The molecule has 2 aromatic heterocycles. The Bertz CT molecular complexity index is 1950. The molecular formula is C30H30F4N6O4S. The molecule has 5 heterocycles. The van der Waals surface area contributed by atoms with Crippen molar-refractivity contribution in [2.45, 2.75) is 49.1 Å². The van der Waals surface area contributed by atoms with Gasteiger partial charge in [0.1, 0.15) is 35.6 Å². The second-order valence-corrected chi connectivity index (χ2v) is 14.0. The molecule has 3 aliphatic rings. The van der Waals surface area contributed by atoms with Gasteiger partial charge in [-0.15, -0.1) is 0 Å². The fourth-order valence-electron chi connectivity index (χ4n) is 7.13. The summed E-state index contributed by atoms with van der Waals surface area (Å²) in [4.78, 5) is 16.8. The second kappa shape index (κ2) is 10.9. The number of phenolic OH excluding ortho intramolecular Hbond substituents is 1. The first-order chi connectivity index (χ1) is 21.4. The average Bonchev–Trinajstić information content (AvgIpc) is 3.53. The van der Waals surface area contributed by atoms with E-state index >= 15 is 8.78 Å². The number of halogens is 4. The van der Waals surface area contributed by atoms with Crippen molar-refractivity contribution < 1.29 is 35.8 Å². The standard InChI is InChI=1S/C30H30F4N6O4S/c31-17-11-30(6-2-8-40(30)13-17)15-44-29-37-27-21(28(38-29)39-7-1-3-19(14-39)45(35,42)43)12-36-26(25(27)34)20-10-18(41)9-16-4-5-22(32)24(33)23(16)20/h4-5,9-10,12,17,19,41H,1-3,6-8,11,13-15H2,(H2,35,42,43)/t17-,19-,30+/m1/s1. The minimum absolute atomic E-state index is 0.0172. The number of pyridine rings is 1. The van der Waals surface area contributed by atoms with E-state index in [1.807, 2.05) is 4.90 Å². The van der Waals surface area contributed by atoms with Gasteiger partial charge in [0, 0.05) is 43.2 Å². The molecule has 7 rings (SSSR count). The predicted octanol–water partition coefficient (Wildman–Crippen LogP) is 4.18. The number of piperidine rings is 1. The lowest BCUT2D eigenvalue weighted by molar-refractivity contribution is 0.107. The normalized spacial score (nSPS) is 24.1. The number of sulfonamides is 1. The summed E-state index contributed by atoms with van der Waals surface area (Å²) in [7, 11) is -3.89. The monoisotopic (exact) mass is 646 g/mol. The van der Waals surface area contributed by atoms with Crippen LogP contribution in [-0.2, 0) is 10.0 Å². The molecule has 2 aromatic carbocycles. The molecular weight excluding hydrogens is 616 g/mol. The van der Waals surface area contributed by atoms with Gasteiger partial charge in [-0.3, -0.25) is 9.88 Å². The summed E-state index contributed by atoms with van der Waals surface area (Å²) in [6.45, 7) is 1.45. The summed E-state index contributed by atoms with van der Waals surface area (Å²) < 4.78 is 90.8. The van der Waals surface area contributed by atoms with Gasteiger partial charge in [0.15, 0.2) is 17.5 Å². The Kier molecular flexibility index (Phi) is 7.24. The van der Waals surface area contributed by atoms with E-state index in [-0.39, 0.29) is 64.4 Å². The summed E-state index contributed by atoms with van der Waals surface area (Å²) in [5.41, 5.74) is -1.41. The number of aromatic hydroxyl groups is 1. The number of primary sulfonamides is 1. The molecule has 0 saturated carbocycles. The number of aromatic nitrogens is 3. The van der Waals surface area contributed by atoms with Gasteiger partial charge in [-0.25, -0.2) is 31.1 Å². The highest BCUT2D eigenvalue weighted by molar-refractivity contribution is 7.89. The number of ether oxygens (including phenoxy) is 1. The van der Waals surface area contributed by atoms with E-state index in [1.165, 1.54) is 18.3 Å². The van der Waals surface area contributed by atoms with Crippen molar-refractivity contribution in [2.75, 3.05) is 37.7 Å². The van der Waals surface area contributed by atoms with Crippen LogP contribution in [0.25, 0.3) is 32.9 Å². The molecule has 0 amide bonds. The maximum absolute atomic E-state index is 16.5. The van der Waals surface area contributed by atoms with Crippen molar-refractivity contribution in [3.63, 3.8) is 0 Å². The number of nitrogens with zero attached hydrogens (tertiary/aromatic N) is 5. The predicted molar refractivity (Wildman–Crippen MR) is 159 cm³/mol. The van der Waals surface area contributed by atoms with Gasteiger partial charge in [-0.2, -0.15) is 9.97 Å². The first-order valence-corrected chi connectivity index (χ1v) is 16.3. The van der Waals surface area contributed by atoms with E-state index in [2.05, 4.69) is 15.0 Å². The van der Waals surface area contributed by atoms with Crippen LogP contribution in [-0.4, -0.2) is 83.1 Å². The molecule has 0 aliphatic carbocycles. The highest BCUT2D eigenvalue weighted by Crippen LogP contribution is 2.42. The number of benzene rings is 2. The fraction of sp³-hybridized carbons (Fsp3) is 0.433. The van der Waals surface area contributed by atoms with Crippen LogP contribution in [0, 0.1) is 17.5 Å². The minimum Gasteiger partial charge on any atom is -0.508 e. The number of phenols is 1. The quantitative estimate of drug-likeness (QED) is 0.296. The van der Waals surface area contributed by atoms with Crippen LogP contribution >= 0.6 is 0 Å². The zero-order valence-corrected chi connectivity index (χ0v) is 24.8. The average molecular weight is 647 g/mol. The Morgan fingerprint density at radius 2 is 1.91 bits per heavy atom. The van der Waals surface area contributed by atoms with E-state index in [1.54, 1.807) is 4.90 Å². The third-order valence-corrected chi connectivity index (χ3v) is 10.6. The van der Waals surface area contributed by atoms with Crippen molar-refractivity contribution >= 4 is 37.5 Å². The number of hydrogen-bond donors (Lipinski definition) is 2. The van der Waals surface area contributed by atoms with Gasteiger partial charge in [0.2, 0.25) is 10.0 Å². The highest BCUT2D eigenvalue weighted by atomic mass is 32.2. The third-order valence-electron chi connectivity index (χ3n) is 9.26. The Balaban J connectivity index is 1.37. The number of fused-ring (bicyclic) bond motifs is 3. The van der Waals surface area contributed by atoms with Crippen LogP contribution in [0.1, 0.15) is 32.1 Å². The number of alkyl halides is 1. The molecule has 3 saturated heterocycles. The zero-order chi connectivity index (χ0) is 31.7. The maximum atomic E-state index is 16.5. The third kappa shape index (κ3) is 5.20. The van der Waals surface area contributed by atoms with E-state index in [4.69, 9.17) is 9.88 Å². The topological polar surface area (TPSA) is 135 Å². The van der Waals surface area contributed by atoms with Crippen LogP contribution in [0.5, 0.6) is 11.8 Å². The number of hydrogen-bond acceptors (Lipinski definition) is 9. The van der Waals surface area contributed by atoms with Crippen LogP contribution in [0.3, 0.4) is 0 Å². The van der Waals surface area contributed by atoms with E-state index in [9.17, 15) is 22.3 Å². The fourth-order valence-corrected chi connectivity index (χ4v) is 8.01. The molecule has 0 spiro atoms. The van der Waals surface area contributed by atoms with Gasteiger partial charge in [0.25, 0.3) is 0 Å². The molecule has 3 atom stereocenters. The van der Waals surface area contributed by atoms with Crippen molar-refractivity contribution in [1.82, 2.24) is 19.9 Å². The number of rotatable bonds is 6. The first-order valence-electron chi connectivity index (χ1n) is 14.7. The molecule has 4 aromatic rings. The van der Waals surface area contributed by atoms with E-state index in [0.717, 1.165) is 25.1 Å². The summed E-state index contributed by atoms with van der Waals surface area (Å²) >= 11 is 0. The van der Waals surface area contributed by atoms with E-state index in [0.29, 0.717) is 32.4 Å². The van der Waals surface area contributed by atoms with Crippen molar-refractivity contribution in [2.24, 2.45) is 5.14 Å². The molecule has 15 heteroatoms. The summed E-state index contributed by atoms with van der Waals surface area (Å²) in [5, 5.41) is 14.9. The van der Waals surface area contributed by atoms with Gasteiger partial charge >= 0.3 is 6.01 Å². The second-order valence-electron chi connectivity index (χ2n) is 12.1. The molecule has 0 radical (unpaired) electrons. The van der Waals surface area contributed by atoms with Gasteiger partial charge < -0.3 is 14.7 Å². The van der Waals surface area contributed by atoms with Crippen LogP contribution in [0.2, 0.25) is 0 Å². The summed E-state index contributed by atoms with van der Waals surface area (Å²) in [5.74, 6) is -3.56. The summed E-state index contributed by atoms with van der Waals surface area (Å²) in [6.07, 6.45) is 2.94. The van der Waals surface area contributed by atoms with Crippen molar-refractivity contribution in [1.29, 1.82) is 0 Å². The number of nitrogens with two attached hydrogens (primary N) is 1. The summed E-state index contributed by atoms with van der Waals surface area (Å²) in [6, 6.07) is 4.26. The molecule has 0 unspecified atom stereocenters. The highest BCUT2D eigenvalue weighted by Gasteiger charge is 2.49. The lowest BCUT2D eigenvalue weighted by Crippen LogP contribution is -2.45. The zero-order valence-electron chi connectivity index (χ0n) is 24.0. The number of anilines is 1. The van der Waals surface area contributed by atoms with Gasteiger partial charge in [-0.05, 0) is 55.8 Å². The molecule has 238 valence electrons. The van der Waals surface area contributed by atoms with Gasteiger partial charge in [0.05, 0.1) is 16.2 Å². The minimum atomic E-state index is -3.89. The van der Waals surface area contributed by atoms with Gasteiger partial charge in [-0.1, -0.05) is 6.07 Å². The maximum Gasteiger partial charge on any atom is 0.319 e. The lowest BCUT2D eigenvalue weighted by Gasteiger charge is -2.33. The molecule has 3 aliphatic heterocycles. The Morgan fingerprint density at radius 3 is 2.71 bits per heavy atom.